The Morgan fingerprint density at radius 3 is 2.67 bits per heavy atom. The van der Waals surface area contributed by atoms with Crippen LogP contribution in [0, 0.1) is 6.92 Å². The molecule has 0 saturated carbocycles. The van der Waals surface area contributed by atoms with Gasteiger partial charge in [-0.25, -0.2) is 0 Å². The summed E-state index contributed by atoms with van der Waals surface area (Å²) in [6.07, 6.45) is 1.87. The number of hydrogen-bond donors (Lipinski definition) is 0. The van der Waals surface area contributed by atoms with Crippen LogP contribution >= 0.6 is 0 Å². The second-order valence-electron chi connectivity index (χ2n) is 1.85. The van der Waals surface area contributed by atoms with E-state index in [1.807, 2.05) is 31.3 Å². The number of pyridine rings is 1. The Morgan fingerprint density at radius 1 is 1.44 bits per heavy atom. The number of aryl methyl sites for hydroxylation is 1. The van der Waals surface area contributed by atoms with E-state index in [-0.39, 0.29) is 0 Å². The van der Waals surface area contributed by atoms with Crippen LogP contribution < -0.4 is 9.57 Å². The highest BCUT2D eigenvalue weighted by Crippen LogP contribution is 1.84. The lowest BCUT2D eigenvalue weighted by molar-refractivity contribution is -0.889. The first-order valence-corrected chi connectivity index (χ1v) is 2.86. The van der Waals surface area contributed by atoms with Gasteiger partial charge in [-0.1, -0.05) is 0 Å². The molecule has 0 aliphatic rings. The summed E-state index contributed by atoms with van der Waals surface area (Å²) in [7, 11) is 1.65. The van der Waals surface area contributed by atoms with Gasteiger partial charge in [0, 0.05) is 23.8 Å². The van der Waals surface area contributed by atoms with Crippen LogP contribution in [0.15, 0.2) is 24.4 Å². The molecule has 1 heterocycles. The van der Waals surface area contributed by atoms with Gasteiger partial charge in [0.2, 0.25) is 11.9 Å². The van der Waals surface area contributed by atoms with Gasteiger partial charge < -0.3 is 0 Å². The molecule has 0 aliphatic carbocycles. The van der Waals surface area contributed by atoms with Crippen LogP contribution in [0.3, 0.4) is 0 Å². The third-order valence-electron chi connectivity index (χ3n) is 1.21. The lowest BCUT2D eigenvalue weighted by atomic mass is 10.4. The Morgan fingerprint density at radius 2 is 2.22 bits per heavy atom. The van der Waals surface area contributed by atoms with E-state index in [9.17, 15) is 0 Å². The molecule has 9 heavy (non-hydrogen) atoms. The molecule has 1 aromatic heterocycles. The molecule has 0 radical (unpaired) electrons. The molecule has 0 saturated heterocycles. The average molecular weight is 124 g/mol. The zero-order chi connectivity index (χ0) is 6.69. The number of hydrogen-bond acceptors (Lipinski definition) is 1. The van der Waals surface area contributed by atoms with E-state index in [0.29, 0.717) is 0 Å². The van der Waals surface area contributed by atoms with E-state index < -0.39 is 0 Å². The number of aromatic nitrogens is 1. The molecule has 0 fully saturated rings. The third-order valence-corrected chi connectivity index (χ3v) is 1.21. The van der Waals surface area contributed by atoms with Crippen LogP contribution in [0.2, 0.25) is 0 Å². The summed E-state index contributed by atoms with van der Waals surface area (Å²) >= 11 is 0. The first-order valence-electron chi connectivity index (χ1n) is 2.86. The molecule has 1 rings (SSSR count). The second-order valence-corrected chi connectivity index (χ2v) is 1.85. The normalized spacial score (nSPS) is 9.11. The minimum atomic E-state index is 1.10. The lowest BCUT2D eigenvalue weighted by Gasteiger charge is -1.91. The van der Waals surface area contributed by atoms with Gasteiger partial charge in [-0.15, -0.1) is 0 Å². The van der Waals surface area contributed by atoms with E-state index in [1.54, 1.807) is 11.8 Å². The van der Waals surface area contributed by atoms with Gasteiger partial charge in [-0.05, 0) is 6.07 Å². The highest BCUT2D eigenvalue weighted by atomic mass is 16.6. The minimum Gasteiger partial charge on any atom is -0.274 e. The van der Waals surface area contributed by atoms with E-state index >= 15 is 0 Å². The van der Waals surface area contributed by atoms with Gasteiger partial charge in [0.25, 0.3) is 0 Å². The van der Waals surface area contributed by atoms with Crippen LogP contribution in [0.1, 0.15) is 5.69 Å². The minimum absolute atomic E-state index is 1.10. The summed E-state index contributed by atoms with van der Waals surface area (Å²) in [6.45, 7) is 1.99. The van der Waals surface area contributed by atoms with Crippen molar-refractivity contribution in [3.05, 3.63) is 30.1 Å². The zero-order valence-corrected chi connectivity index (χ0v) is 5.66. The Hall–Kier alpha value is -1.05. The second kappa shape index (κ2) is 2.49. The van der Waals surface area contributed by atoms with E-state index in [2.05, 4.69) is 0 Å². The van der Waals surface area contributed by atoms with Gasteiger partial charge in [0.1, 0.15) is 7.11 Å². The van der Waals surface area contributed by atoms with Gasteiger partial charge in [-0.2, -0.15) is 0 Å². The van der Waals surface area contributed by atoms with Crippen LogP contribution in [0.4, 0.5) is 0 Å². The van der Waals surface area contributed by atoms with Gasteiger partial charge >= 0.3 is 0 Å². The molecule has 2 nitrogen and oxygen atoms in total. The van der Waals surface area contributed by atoms with Crippen molar-refractivity contribution < 1.29 is 9.57 Å². The molecule has 0 spiro atoms. The standard InChI is InChI=1S/C7H10NO/c1-7-5-3-4-6-8(7)9-2/h3-6H,1-2H3/q+1. The largest absolute Gasteiger partial charge is 0.274 e. The fourth-order valence-corrected chi connectivity index (χ4v) is 0.719. The van der Waals surface area contributed by atoms with Crippen molar-refractivity contribution in [2.24, 2.45) is 0 Å². The van der Waals surface area contributed by atoms with Gasteiger partial charge in [0.05, 0.1) is 0 Å². The monoisotopic (exact) mass is 124 g/mol. The highest BCUT2D eigenvalue weighted by molar-refractivity contribution is 4.93. The molecule has 0 atom stereocenters. The van der Waals surface area contributed by atoms with Crippen molar-refractivity contribution >= 4 is 0 Å². The molecule has 0 N–H and O–H groups in total. The molecule has 0 amide bonds. The molecule has 0 bridgehead atoms. The fraction of sp³-hybridized carbons (Fsp3) is 0.286. The summed E-state index contributed by atoms with van der Waals surface area (Å²) < 4.78 is 1.71. The molecule has 48 valence electrons. The topological polar surface area (TPSA) is 13.1 Å². The van der Waals surface area contributed by atoms with Gasteiger partial charge in [0.15, 0.2) is 0 Å². The summed E-state index contributed by atoms with van der Waals surface area (Å²) in [4.78, 5) is 4.96. The average Bonchev–Trinajstić information content (AvgIpc) is 1.89. The molecule has 0 aliphatic heterocycles. The molecular formula is C7H10NO+. The fourth-order valence-electron chi connectivity index (χ4n) is 0.719. The predicted octanol–water partition coefficient (Wildman–Crippen LogP) is 0.341. The van der Waals surface area contributed by atoms with Crippen molar-refractivity contribution in [1.29, 1.82) is 0 Å². The Balaban J connectivity index is 3.01. The first-order chi connectivity index (χ1) is 4.34. The summed E-state index contributed by atoms with van der Waals surface area (Å²) in [6, 6.07) is 5.89. The maximum absolute atomic E-state index is 4.96. The summed E-state index contributed by atoms with van der Waals surface area (Å²) in [5.41, 5.74) is 1.10. The van der Waals surface area contributed by atoms with Crippen molar-refractivity contribution in [2.75, 3.05) is 7.11 Å². The number of rotatable bonds is 1. The van der Waals surface area contributed by atoms with Crippen molar-refractivity contribution in [1.82, 2.24) is 0 Å². The highest BCUT2D eigenvalue weighted by Gasteiger charge is 2.00. The zero-order valence-electron chi connectivity index (χ0n) is 5.66. The molecule has 2 heteroatoms. The quantitative estimate of drug-likeness (QED) is 0.492. The maximum Gasteiger partial charge on any atom is 0.231 e. The maximum atomic E-state index is 4.96. The van der Waals surface area contributed by atoms with E-state index in [1.165, 1.54) is 0 Å². The van der Waals surface area contributed by atoms with Crippen molar-refractivity contribution in [3.8, 4) is 0 Å². The third kappa shape index (κ3) is 1.19. The van der Waals surface area contributed by atoms with Crippen LogP contribution in [0.25, 0.3) is 0 Å². The summed E-state index contributed by atoms with van der Waals surface area (Å²) in [5.74, 6) is 0. The Labute approximate surface area is 54.7 Å². The number of nitrogens with zero attached hydrogens (tertiary/aromatic N) is 1. The summed E-state index contributed by atoms with van der Waals surface area (Å²) in [5, 5.41) is 0. The van der Waals surface area contributed by atoms with Crippen LogP contribution in [-0.4, -0.2) is 7.11 Å². The van der Waals surface area contributed by atoms with Crippen LogP contribution in [0.5, 0.6) is 0 Å². The van der Waals surface area contributed by atoms with Gasteiger partial charge in [-0.3, -0.25) is 4.84 Å². The molecule has 1 aromatic rings. The Kier molecular flexibility index (Phi) is 1.68. The first kappa shape index (κ1) is 6.08. The van der Waals surface area contributed by atoms with Crippen molar-refractivity contribution in [2.45, 2.75) is 6.92 Å². The SMILES string of the molecule is CO[n+]1ccccc1C. The predicted molar refractivity (Wildman–Crippen MR) is 33.9 cm³/mol. The molecule has 0 unspecified atom stereocenters. The van der Waals surface area contributed by atoms with E-state index in [4.69, 9.17) is 4.84 Å². The molecular weight excluding hydrogens is 114 g/mol. The lowest BCUT2D eigenvalue weighted by Crippen LogP contribution is -2.42. The van der Waals surface area contributed by atoms with Crippen LogP contribution in [-0.2, 0) is 0 Å². The Bertz CT molecular complexity index is 198. The van der Waals surface area contributed by atoms with Crippen molar-refractivity contribution in [3.63, 3.8) is 0 Å². The van der Waals surface area contributed by atoms with E-state index in [0.717, 1.165) is 5.69 Å². The smallest absolute Gasteiger partial charge is 0.231 e. The molecule has 0 aromatic carbocycles.